The second-order valence-electron chi connectivity index (χ2n) is 5.83. The molecule has 108 valence electrons. The van der Waals surface area contributed by atoms with Gasteiger partial charge in [0.2, 0.25) is 0 Å². The van der Waals surface area contributed by atoms with Crippen molar-refractivity contribution in [2.45, 2.75) is 33.2 Å². The lowest BCUT2D eigenvalue weighted by Gasteiger charge is -2.41. The van der Waals surface area contributed by atoms with Gasteiger partial charge in [-0.15, -0.1) is 0 Å². The lowest BCUT2D eigenvalue weighted by atomic mass is 9.86. The highest BCUT2D eigenvalue weighted by atomic mass is 16.4. The number of nitrogens with zero attached hydrogens (tertiary/aromatic N) is 2. The van der Waals surface area contributed by atoms with E-state index in [0.29, 0.717) is 17.9 Å². The van der Waals surface area contributed by atoms with E-state index < -0.39 is 5.97 Å². The number of pyridine rings is 1. The molecule has 1 aliphatic heterocycles. The second-order valence-corrected chi connectivity index (χ2v) is 5.83. The van der Waals surface area contributed by atoms with Gasteiger partial charge in [-0.2, -0.15) is 0 Å². The van der Waals surface area contributed by atoms with Crippen molar-refractivity contribution in [3.63, 3.8) is 0 Å². The van der Waals surface area contributed by atoms with Crippen molar-refractivity contribution < 1.29 is 9.90 Å². The van der Waals surface area contributed by atoms with Crippen LogP contribution in [0.4, 0.5) is 5.82 Å². The summed E-state index contributed by atoms with van der Waals surface area (Å²) in [6, 6.07) is 4.38. The molecular formula is C16H22N2O2. The summed E-state index contributed by atoms with van der Waals surface area (Å²) in [6.07, 6.45) is 5.68. The summed E-state index contributed by atoms with van der Waals surface area (Å²) in [5.74, 6) is 1.37. The van der Waals surface area contributed by atoms with Crippen LogP contribution in [0.3, 0.4) is 0 Å². The van der Waals surface area contributed by atoms with Crippen LogP contribution in [-0.4, -0.2) is 28.6 Å². The number of aliphatic carboxylic acids is 1. The van der Waals surface area contributed by atoms with Crippen molar-refractivity contribution in [3.05, 3.63) is 30.0 Å². The van der Waals surface area contributed by atoms with Crippen LogP contribution in [0.5, 0.6) is 0 Å². The largest absolute Gasteiger partial charge is 0.478 e. The quantitative estimate of drug-likeness (QED) is 0.861. The third kappa shape index (κ3) is 3.38. The molecular weight excluding hydrogens is 252 g/mol. The molecule has 1 aromatic heterocycles. The number of piperidine rings is 1. The molecule has 0 bridgehead atoms. The zero-order valence-electron chi connectivity index (χ0n) is 12.3. The Kier molecular flexibility index (Phi) is 4.42. The van der Waals surface area contributed by atoms with Gasteiger partial charge in [-0.3, -0.25) is 0 Å². The minimum atomic E-state index is -0.943. The van der Waals surface area contributed by atoms with Crippen molar-refractivity contribution >= 4 is 17.9 Å². The Bertz CT molecular complexity index is 496. The number of carboxylic acids is 1. The fourth-order valence-corrected chi connectivity index (χ4v) is 2.85. The SMILES string of the molecule is CC1CC(C)C(C)N(c2ccc(/C=C/C(=O)O)cn2)C1. The molecule has 20 heavy (non-hydrogen) atoms. The maximum Gasteiger partial charge on any atom is 0.328 e. The van der Waals surface area contributed by atoms with Crippen LogP contribution in [0.15, 0.2) is 24.4 Å². The third-order valence-corrected chi connectivity index (χ3v) is 4.08. The van der Waals surface area contributed by atoms with Gasteiger partial charge in [0, 0.05) is 24.9 Å². The van der Waals surface area contributed by atoms with Crippen molar-refractivity contribution in [3.8, 4) is 0 Å². The molecule has 0 aromatic carbocycles. The number of rotatable bonds is 3. The molecule has 4 nitrogen and oxygen atoms in total. The normalized spacial score (nSPS) is 26.9. The van der Waals surface area contributed by atoms with E-state index in [-0.39, 0.29) is 0 Å². The Morgan fingerprint density at radius 1 is 1.40 bits per heavy atom. The van der Waals surface area contributed by atoms with Crippen LogP contribution in [0.2, 0.25) is 0 Å². The number of aromatic nitrogens is 1. The van der Waals surface area contributed by atoms with E-state index in [1.165, 1.54) is 6.42 Å². The maximum atomic E-state index is 10.5. The Balaban J connectivity index is 2.14. The molecule has 0 aliphatic carbocycles. The first-order valence-corrected chi connectivity index (χ1v) is 7.11. The van der Waals surface area contributed by atoms with Crippen LogP contribution in [0.1, 0.15) is 32.8 Å². The second kappa shape index (κ2) is 6.07. The smallest absolute Gasteiger partial charge is 0.328 e. The van der Waals surface area contributed by atoms with Gasteiger partial charge in [0.1, 0.15) is 5.82 Å². The molecule has 0 spiro atoms. The fourth-order valence-electron chi connectivity index (χ4n) is 2.85. The highest BCUT2D eigenvalue weighted by Gasteiger charge is 2.29. The van der Waals surface area contributed by atoms with Gasteiger partial charge < -0.3 is 10.0 Å². The number of anilines is 1. The van der Waals surface area contributed by atoms with E-state index >= 15 is 0 Å². The van der Waals surface area contributed by atoms with Gasteiger partial charge in [-0.05, 0) is 49.0 Å². The monoisotopic (exact) mass is 274 g/mol. The standard InChI is InChI=1S/C16H22N2O2/c1-11-8-12(2)13(3)18(10-11)15-6-4-14(9-17-15)5-7-16(19)20/h4-7,9,11-13H,8,10H2,1-3H3,(H,19,20)/b7-5+. The molecule has 3 atom stereocenters. The van der Waals surface area contributed by atoms with Gasteiger partial charge in [-0.1, -0.05) is 13.8 Å². The van der Waals surface area contributed by atoms with Crippen molar-refractivity contribution in [2.75, 3.05) is 11.4 Å². The fraction of sp³-hybridized carbons (Fsp3) is 0.500. The van der Waals surface area contributed by atoms with Crippen LogP contribution in [0, 0.1) is 11.8 Å². The predicted molar refractivity (Wildman–Crippen MR) is 80.7 cm³/mol. The van der Waals surface area contributed by atoms with Crippen molar-refractivity contribution in [1.82, 2.24) is 4.98 Å². The summed E-state index contributed by atoms with van der Waals surface area (Å²) in [5.41, 5.74) is 0.807. The lowest BCUT2D eigenvalue weighted by molar-refractivity contribution is -0.131. The molecule has 3 unspecified atom stereocenters. The highest BCUT2D eigenvalue weighted by molar-refractivity contribution is 5.85. The van der Waals surface area contributed by atoms with E-state index in [4.69, 9.17) is 5.11 Å². The molecule has 2 rings (SSSR count). The van der Waals surface area contributed by atoms with E-state index in [0.717, 1.165) is 24.0 Å². The molecule has 1 fully saturated rings. The molecule has 1 N–H and O–H groups in total. The van der Waals surface area contributed by atoms with E-state index in [1.807, 2.05) is 12.1 Å². The third-order valence-electron chi connectivity index (χ3n) is 4.08. The van der Waals surface area contributed by atoms with Crippen LogP contribution >= 0.6 is 0 Å². The Labute approximate surface area is 120 Å². The van der Waals surface area contributed by atoms with Gasteiger partial charge >= 0.3 is 5.97 Å². The zero-order chi connectivity index (χ0) is 14.7. The Morgan fingerprint density at radius 3 is 2.75 bits per heavy atom. The van der Waals surface area contributed by atoms with Gasteiger partial charge in [0.15, 0.2) is 0 Å². The summed E-state index contributed by atoms with van der Waals surface area (Å²) in [6.45, 7) is 7.84. The van der Waals surface area contributed by atoms with Crippen LogP contribution in [0.25, 0.3) is 6.08 Å². The summed E-state index contributed by atoms with van der Waals surface area (Å²) < 4.78 is 0. The summed E-state index contributed by atoms with van der Waals surface area (Å²) in [7, 11) is 0. The number of hydrogen-bond donors (Lipinski definition) is 1. The number of hydrogen-bond acceptors (Lipinski definition) is 3. The molecule has 1 aliphatic rings. The molecule has 0 radical (unpaired) electrons. The number of carbonyl (C=O) groups is 1. The summed E-state index contributed by atoms with van der Waals surface area (Å²) in [4.78, 5) is 17.3. The van der Waals surface area contributed by atoms with E-state index in [9.17, 15) is 4.79 Å². The van der Waals surface area contributed by atoms with Gasteiger partial charge in [-0.25, -0.2) is 9.78 Å². The summed E-state index contributed by atoms with van der Waals surface area (Å²) >= 11 is 0. The average molecular weight is 274 g/mol. The molecule has 1 aromatic rings. The Morgan fingerprint density at radius 2 is 2.15 bits per heavy atom. The molecule has 0 saturated carbocycles. The van der Waals surface area contributed by atoms with Crippen LogP contribution < -0.4 is 4.90 Å². The average Bonchev–Trinajstić information content (AvgIpc) is 2.41. The number of carboxylic acid groups (broad SMARTS) is 1. The summed E-state index contributed by atoms with van der Waals surface area (Å²) in [5, 5.41) is 8.61. The molecule has 4 heteroatoms. The molecule has 1 saturated heterocycles. The first kappa shape index (κ1) is 14.6. The lowest BCUT2D eigenvalue weighted by Crippen LogP contribution is -2.46. The Hall–Kier alpha value is -1.84. The first-order valence-electron chi connectivity index (χ1n) is 7.11. The minimum absolute atomic E-state index is 0.485. The highest BCUT2D eigenvalue weighted by Crippen LogP contribution is 2.30. The minimum Gasteiger partial charge on any atom is -0.478 e. The van der Waals surface area contributed by atoms with Crippen molar-refractivity contribution in [1.29, 1.82) is 0 Å². The van der Waals surface area contributed by atoms with Gasteiger partial charge in [0.25, 0.3) is 0 Å². The maximum absolute atomic E-state index is 10.5. The first-order chi connectivity index (χ1) is 9.47. The molecule has 2 heterocycles. The topological polar surface area (TPSA) is 53.4 Å². The van der Waals surface area contributed by atoms with E-state index in [1.54, 1.807) is 12.3 Å². The molecule has 0 amide bonds. The van der Waals surface area contributed by atoms with E-state index in [2.05, 4.69) is 30.7 Å². The predicted octanol–water partition coefficient (Wildman–Crippen LogP) is 3.05. The van der Waals surface area contributed by atoms with Crippen LogP contribution in [-0.2, 0) is 4.79 Å². The zero-order valence-corrected chi connectivity index (χ0v) is 12.3. The van der Waals surface area contributed by atoms with Crippen molar-refractivity contribution in [2.24, 2.45) is 11.8 Å². The van der Waals surface area contributed by atoms with Gasteiger partial charge in [0.05, 0.1) is 0 Å².